The quantitative estimate of drug-likeness (QED) is 0.319. The van der Waals surface area contributed by atoms with Gasteiger partial charge in [0.1, 0.15) is 5.75 Å². The zero-order chi connectivity index (χ0) is 21.2. The van der Waals surface area contributed by atoms with Crippen LogP contribution in [-0.4, -0.2) is 35.5 Å². The Morgan fingerprint density at radius 3 is 1.93 bits per heavy atom. The monoisotopic (exact) mass is 441 g/mol. The standard InChI is InChI=1S/C18H20N2O7S2/c1-27-14-4-8-16(9-5-14)29(25,26)18-11-10-17(19-20(18)22)28(23,24)15-6-2-13(12-21)3-7-15/h2-11,21H,12H2,1H3,(H4-,19,22,23,24,25,26)/p+1. The second-order valence-electron chi connectivity index (χ2n) is 6.02. The Kier molecular flexibility index (Phi) is 6.00. The molecule has 0 unspecified atom stereocenters. The van der Waals surface area contributed by atoms with Gasteiger partial charge in [-0.2, -0.15) is 0 Å². The van der Waals surface area contributed by atoms with Gasteiger partial charge in [0.05, 0.1) is 28.4 Å². The molecule has 3 rings (SSSR count). The van der Waals surface area contributed by atoms with Crippen molar-refractivity contribution in [3.05, 3.63) is 71.1 Å². The number of rotatable bonds is 6. The minimum atomic E-state index is -3.65. The first-order chi connectivity index (χ1) is 13.7. The van der Waals surface area contributed by atoms with Gasteiger partial charge in [0, 0.05) is 6.07 Å². The maximum Gasteiger partial charge on any atom is 0.384 e. The molecule has 0 aliphatic rings. The molecule has 0 spiro atoms. The topological polar surface area (TPSA) is 149 Å². The molecule has 1 heterocycles. The van der Waals surface area contributed by atoms with Gasteiger partial charge in [0.2, 0.25) is 0 Å². The molecule has 3 aromatic rings. The van der Waals surface area contributed by atoms with Crippen LogP contribution in [0, 0.1) is 4.91 Å². The summed E-state index contributed by atoms with van der Waals surface area (Å²) in [5, 5.41) is 10.8. The van der Waals surface area contributed by atoms with E-state index in [0.717, 1.165) is 6.07 Å². The fourth-order valence-electron chi connectivity index (χ4n) is 2.57. The lowest BCUT2D eigenvalue weighted by molar-refractivity contribution is -0.610. The highest BCUT2D eigenvalue weighted by molar-refractivity contribution is 8.24. The molecule has 9 nitrogen and oxygen atoms in total. The SMILES string of the molecule is COc1ccc(S(O)(O)c2ccc(S(O)(O)c3ccc(CO)cc3)[nH][n+]2=O)cc1. The van der Waals surface area contributed by atoms with Crippen molar-refractivity contribution >= 4 is 21.2 Å². The van der Waals surface area contributed by atoms with Crippen LogP contribution in [-0.2, 0) is 6.61 Å². The maximum atomic E-state index is 12.5. The van der Waals surface area contributed by atoms with Crippen LogP contribution in [0.5, 0.6) is 5.75 Å². The van der Waals surface area contributed by atoms with Crippen LogP contribution in [0.15, 0.2) is 80.5 Å². The molecule has 0 aliphatic carbocycles. The van der Waals surface area contributed by atoms with Crippen molar-refractivity contribution in [1.82, 2.24) is 5.10 Å². The lowest BCUT2D eigenvalue weighted by atomic mass is 10.2. The average Bonchev–Trinajstić information content (AvgIpc) is 2.73. The Bertz CT molecular complexity index is 1050. The first-order valence-electron chi connectivity index (χ1n) is 8.26. The van der Waals surface area contributed by atoms with Crippen LogP contribution in [0.2, 0.25) is 0 Å². The number of methoxy groups -OCH3 is 1. The highest BCUT2D eigenvalue weighted by Crippen LogP contribution is 2.56. The Hall–Kier alpha value is -2.38. The van der Waals surface area contributed by atoms with E-state index in [2.05, 4.69) is 5.10 Å². The predicted octanol–water partition coefficient (Wildman–Crippen LogP) is 3.77. The lowest BCUT2D eigenvalue weighted by Gasteiger charge is -2.31. The van der Waals surface area contributed by atoms with Crippen LogP contribution in [0.3, 0.4) is 0 Å². The van der Waals surface area contributed by atoms with Gasteiger partial charge in [-0.05, 0) is 48.0 Å². The third-order valence-electron chi connectivity index (χ3n) is 4.21. The Morgan fingerprint density at radius 2 is 1.41 bits per heavy atom. The van der Waals surface area contributed by atoms with E-state index in [1.807, 2.05) is 0 Å². The van der Waals surface area contributed by atoms with E-state index in [0.29, 0.717) is 11.3 Å². The van der Waals surface area contributed by atoms with Gasteiger partial charge in [-0.15, -0.1) is 10.6 Å². The number of aliphatic hydroxyl groups excluding tert-OH is 1. The van der Waals surface area contributed by atoms with Gasteiger partial charge in [-0.25, -0.2) is 0 Å². The van der Waals surface area contributed by atoms with E-state index in [1.165, 1.54) is 61.7 Å². The summed E-state index contributed by atoms with van der Waals surface area (Å²) in [5.74, 6) is 0.516. The number of hydrogen-bond donors (Lipinski definition) is 6. The largest absolute Gasteiger partial charge is 0.497 e. The molecule has 0 atom stereocenters. The van der Waals surface area contributed by atoms with Crippen molar-refractivity contribution in [3.63, 3.8) is 0 Å². The molecule has 29 heavy (non-hydrogen) atoms. The van der Waals surface area contributed by atoms with E-state index < -0.39 is 21.2 Å². The summed E-state index contributed by atoms with van der Waals surface area (Å²) in [4.78, 5) is 12.7. The third kappa shape index (κ3) is 4.16. The summed E-state index contributed by atoms with van der Waals surface area (Å²) in [7, 11) is -5.73. The molecule has 0 aliphatic heterocycles. The number of benzene rings is 2. The highest BCUT2D eigenvalue weighted by Gasteiger charge is 2.32. The van der Waals surface area contributed by atoms with Crippen molar-refractivity contribution in [3.8, 4) is 5.75 Å². The number of aromatic nitrogens is 2. The number of hydrogen-bond acceptors (Lipinski definition) is 7. The number of ether oxygens (including phenoxy) is 1. The van der Waals surface area contributed by atoms with Crippen molar-refractivity contribution in [1.29, 1.82) is 0 Å². The van der Waals surface area contributed by atoms with Gasteiger partial charge >= 0.3 is 5.03 Å². The second-order valence-corrected chi connectivity index (χ2v) is 10.0. The van der Waals surface area contributed by atoms with Crippen LogP contribution >= 0.6 is 21.2 Å². The van der Waals surface area contributed by atoms with E-state index in [4.69, 9.17) is 9.84 Å². The first-order valence-corrected chi connectivity index (χ1v) is 11.4. The second kappa shape index (κ2) is 8.16. The zero-order valence-corrected chi connectivity index (χ0v) is 16.9. The van der Waals surface area contributed by atoms with Gasteiger partial charge < -0.3 is 9.84 Å². The Morgan fingerprint density at radius 1 is 0.862 bits per heavy atom. The fraction of sp³-hybridized carbons (Fsp3) is 0.111. The van der Waals surface area contributed by atoms with Gasteiger partial charge in [-0.1, -0.05) is 27.8 Å². The number of aromatic amines is 1. The zero-order valence-electron chi connectivity index (χ0n) is 15.3. The number of aliphatic hydroxyl groups is 1. The lowest BCUT2D eigenvalue weighted by Crippen LogP contribution is -2.28. The van der Waals surface area contributed by atoms with Gasteiger partial charge in [-0.3, -0.25) is 18.2 Å². The van der Waals surface area contributed by atoms with E-state index >= 15 is 0 Å². The molecule has 1 aromatic heterocycles. The first kappa shape index (κ1) is 21.3. The van der Waals surface area contributed by atoms with E-state index in [1.54, 1.807) is 0 Å². The Balaban J connectivity index is 1.97. The predicted molar refractivity (Wildman–Crippen MR) is 108 cm³/mol. The molecule has 0 bridgehead atoms. The average molecular weight is 442 g/mol. The minimum Gasteiger partial charge on any atom is -0.497 e. The van der Waals surface area contributed by atoms with Crippen LogP contribution < -0.4 is 9.28 Å². The normalized spacial score (nSPS) is 13.2. The molecule has 0 saturated heterocycles. The fourth-order valence-corrected chi connectivity index (χ4v) is 5.10. The van der Waals surface area contributed by atoms with Gasteiger partial charge in [0.15, 0.2) is 9.57 Å². The molecule has 0 radical (unpaired) electrons. The summed E-state index contributed by atoms with van der Waals surface area (Å²) in [6, 6.07) is 14.2. The van der Waals surface area contributed by atoms with Crippen molar-refractivity contribution in [2.24, 2.45) is 0 Å². The van der Waals surface area contributed by atoms with E-state index in [9.17, 15) is 23.1 Å². The molecule has 156 valence electrons. The van der Waals surface area contributed by atoms with Crippen LogP contribution in [0.25, 0.3) is 0 Å². The van der Waals surface area contributed by atoms with Gasteiger partial charge in [0.25, 0.3) is 0 Å². The number of nitrogens with one attached hydrogen (secondary N) is 1. The molecular weight excluding hydrogens is 420 g/mol. The highest BCUT2D eigenvalue weighted by atomic mass is 32.3. The molecular formula is C18H21N2O7S2+. The molecule has 0 amide bonds. The molecule has 2 aromatic carbocycles. The van der Waals surface area contributed by atoms with Crippen molar-refractivity contribution < 1.29 is 32.6 Å². The third-order valence-corrected chi connectivity index (χ3v) is 7.80. The molecule has 0 saturated carbocycles. The summed E-state index contributed by atoms with van der Waals surface area (Å²) in [5.41, 5.74) is 0.593. The summed E-state index contributed by atoms with van der Waals surface area (Å²) in [6.45, 7) is -0.190. The summed E-state index contributed by atoms with van der Waals surface area (Å²) >= 11 is 0. The summed E-state index contributed by atoms with van der Waals surface area (Å²) in [6.07, 6.45) is 0. The van der Waals surface area contributed by atoms with Crippen LogP contribution in [0.4, 0.5) is 0 Å². The minimum absolute atomic E-state index is 0.102. The Labute approximate surface area is 169 Å². The number of H-pyrrole nitrogens is 1. The maximum absolute atomic E-state index is 12.5. The molecule has 11 heteroatoms. The van der Waals surface area contributed by atoms with Crippen molar-refractivity contribution in [2.75, 3.05) is 7.11 Å². The molecule has 0 fully saturated rings. The smallest absolute Gasteiger partial charge is 0.384 e. The van der Waals surface area contributed by atoms with Crippen molar-refractivity contribution in [2.45, 2.75) is 26.4 Å². The van der Waals surface area contributed by atoms with Crippen LogP contribution in [0.1, 0.15) is 5.56 Å². The molecule has 6 N–H and O–H groups in total. The number of nitrogens with zero attached hydrogens (tertiary/aromatic N) is 1. The summed E-state index contributed by atoms with van der Waals surface area (Å²) < 4.78 is 47.4. The van der Waals surface area contributed by atoms with E-state index in [-0.39, 0.29) is 31.0 Å².